The molecule has 34 heavy (non-hydrogen) atoms. The van der Waals surface area contributed by atoms with Crippen LogP contribution in [0.2, 0.25) is 0 Å². The third-order valence-corrected chi connectivity index (χ3v) is 6.32. The van der Waals surface area contributed by atoms with Gasteiger partial charge < -0.3 is 16.3 Å². The lowest BCUT2D eigenvalue weighted by molar-refractivity contribution is -0.114. The highest BCUT2D eigenvalue weighted by molar-refractivity contribution is 9.10. The number of oxime groups is 1. The maximum atomic E-state index is 14.9. The molecule has 0 aliphatic heterocycles. The number of nitrogens with zero attached hydrogens (tertiary/aromatic N) is 2. The van der Waals surface area contributed by atoms with Crippen LogP contribution in [-0.2, 0) is 20.2 Å². The number of halogens is 2. The summed E-state index contributed by atoms with van der Waals surface area (Å²) in [5, 5.41) is 14.3. The summed E-state index contributed by atoms with van der Waals surface area (Å²) in [6, 6.07) is 12.8. The summed E-state index contributed by atoms with van der Waals surface area (Å²) in [7, 11) is 0. The highest BCUT2D eigenvalue weighted by Crippen LogP contribution is 2.32. The standard InChI is InChI=1S/C22H19BrFN5O4S/c1-12(13-3-2-4-15(9-13)21(25)29-31)20(24)22(30)28-18-6-5-14(10-17(18)23)16-7-8-27-11-19(16)34(32)33-26/h2-11,31H,26H2,1H3,(H2,25,29)(H,28,30)/b20-12+. The predicted molar refractivity (Wildman–Crippen MR) is 130 cm³/mol. The average Bonchev–Trinajstić information content (AvgIpc) is 2.87. The minimum Gasteiger partial charge on any atom is -0.409 e. The number of allylic oxidation sites excluding steroid dienone is 1. The van der Waals surface area contributed by atoms with E-state index in [1.165, 1.54) is 25.4 Å². The Kier molecular flexibility index (Phi) is 8.23. The molecule has 0 aliphatic carbocycles. The van der Waals surface area contributed by atoms with Crippen molar-refractivity contribution in [2.24, 2.45) is 16.8 Å². The second kappa shape index (κ2) is 11.1. The molecule has 2 aromatic carbocycles. The molecule has 1 unspecified atom stereocenters. The van der Waals surface area contributed by atoms with Gasteiger partial charge in [-0.05, 0) is 63.8 Å². The molecule has 176 valence electrons. The van der Waals surface area contributed by atoms with Crippen LogP contribution in [0.15, 0.2) is 81.3 Å². The summed E-state index contributed by atoms with van der Waals surface area (Å²) in [6.45, 7) is 1.45. The molecule has 1 amide bonds. The first-order valence-corrected chi connectivity index (χ1v) is 11.4. The Bertz CT molecular complexity index is 1330. The Balaban J connectivity index is 1.87. The van der Waals surface area contributed by atoms with Crippen LogP contribution in [-0.4, -0.2) is 26.1 Å². The van der Waals surface area contributed by atoms with Crippen LogP contribution in [0.4, 0.5) is 10.1 Å². The lowest BCUT2D eigenvalue weighted by Crippen LogP contribution is -2.14. The van der Waals surface area contributed by atoms with Gasteiger partial charge in [0, 0.05) is 28.0 Å². The number of amidine groups is 1. The molecule has 0 saturated heterocycles. The number of anilines is 1. The van der Waals surface area contributed by atoms with Gasteiger partial charge in [-0.1, -0.05) is 29.4 Å². The Labute approximate surface area is 205 Å². The number of hydrogen-bond acceptors (Lipinski definition) is 7. The fraction of sp³-hybridized carbons (Fsp3) is 0.0455. The van der Waals surface area contributed by atoms with E-state index in [0.29, 0.717) is 32.4 Å². The minimum atomic E-state index is -1.91. The second-order valence-electron chi connectivity index (χ2n) is 6.86. The van der Waals surface area contributed by atoms with Gasteiger partial charge in [0.15, 0.2) is 11.7 Å². The van der Waals surface area contributed by atoms with Gasteiger partial charge in [0.2, 0.25) is 11.1 Å². The summed E-state index contributed by atoms with van der Waals surface area (Å²) in [5.41, 5.74) is 7.94. The van der Waals surface area contributed by atoms with Crippen LogP contribution in [0, 0.1) is 0 Å². The number of benzene rings is 2. The van der Waals surface area contributed by atoms with Crippen molar-refractivity contribution in [2.75, 3.05) is 5.32 Å². The molecular formula is C22H19BrFN5O4S. The van der Waals surface area contributed by atoms with Crippen LogP contribution in [0.1, 0.15) is 18.1 Å². The van der Waals surface area contributed by atoms with Crippen LogP contribution in [0.5, 0.6) is 0 Å². The van der Waals surface area contributed by atoms with E-state index in [0.717, 1.165) is 0 Å². The lowest BCUT2D eigenvalue weighted by Gasteiger charge is -2.12. The van der Waals surface area contributed by atoms with Gasteiger partial charge in [-0.15, -0.1) is 0 Å². The SMILES string of the molecule is C/C(=C(\F)C(=O)Nc1ccc(-c2ccncc2S(=O)ON)cc1Br)c1cccc(/C(N)=N/O)c1. The van der Waals surface area contributed by atoms with Crippen molar-refractivity contribution >= 4 is 50.0 Å². The molecule has 1 atom stereocenters. The number of nitrogens with one attached hydrogen (secondary N) is 1. The predicted octanol–water partition coefficient (Wildman–Crippen LogP) is 3.86. The Morgan fingerprint density at radius 3 is 2.65 bits per heavy atom. The monoisotopic (exact) mass is 547 g/mol. The van der Waals surface area contributed by atoms with Gasteiger partial charge in [0.05, 0.1) is 10.6 Å². The highest BCUT2D eigenvalue weighted by atomic mass is 79.9. The number of rotatable bonds is 7. The molecule has 9 nitrogen and oxygen atoms in total. The Morgan fingerprint density at radius 2 is 1.97 bits per heavy atom. The van der Waals surface area contributed by atoms with Gasteiger partial charge in [-0.2, -0.15) is 10.2 Å². The minimum absolute atomic E-state index is 0.0727. The van der Waals surface area contributed by atoms with E-state index < -0.39 is 22.8 Å². The van der Waals surface area contributed by atoms with E-state index in [9.17, 15) is 13.4 Å². The summed E-state index contributed by atoms with van der Waals surface area (Å²) in [6.07, 6.45) is 2.90. The molecule has 12 heteroatoms. The van der Waals surface area contributed by atoms with E-state index in [1.54, 1.807) is 42.5 Å². The first-order valence-electron chi connectivity index (χ1n) is 9.55. The largest absolute Gasteiger partial charge is 0.409 e. The van der Waals surface area contributed by atoms with E-state index in [-0.39, 0.29) is 16.3 Å². The first-order chi connectivity index (χ1) is 16.3. The molecule has 1 aromatic heterocycles. The van der Waals surface area contributed by atoms with Crippen molar-refractivity contribution < 1.29 is 22.9 Å². The molecule has 1 heterocycles. The molecular weight excluding hydrogens is 529 g/mol. The van der Waals surface area contributed by atoms with Crippen molar-refractivity contribution in [2.45, 2.75) is 11.8 Å². The molecule has 3 aromatic rings. The number of carbonyl (C=O) groups is 1. The van der Waals surface area contributed by atoms with Crippen LogP contribution >= 0.6 is 15.9 Å². The van der Waals surface area contributed by atoms with Gasteiger partial charge in [-0.25, -0.2) is 8.60 Å². The van der Waals surface area contributed by atoms with E-state index in [1.807, 2.05) is 0 Å². The topological polar surface area (TPSA) is 153 Å². The number of pyridine rings is 1. The third-order valence-electron chi connectivity index (χ3n) is 4.81. The first kappa shape index (κ1) is 25.2. The smallest absolute Gasteiger partial charge is 0.284 e. The zero-order valence-corrected chi connectivity index (χ0v) is 20.1. The fourth-order valence-electron chi connectivity index (χ4n) is 3.03. The molecule has 0 radical (unpaired) electrons. The van der Waals surface area contributed by atoms with Crippen LogP contribution < -0.4 is 16.9 Å². The average molecular weight is 548 g/mol. The van der Waals surface area contributed by atoms with Gasteiger partial charge in [-0.3, -0.25) is 9.78 Å². The molecule has 0 spiro atoms. The Hall–Kier alpha value is -3.45. The van der Waals surface area contributed by atoms with Crippen molar-refractivity contribution in [1.29, 1.82) is 0 Å². The number of aromatic nitrogens is 1. The van der Waals surface area contributed by atoms with Crippen molar-refractivity contribution in [3.05, 3.63) is 82.4 Å². The molecule has 6 N–H and O–H groups in total. The summed E-state index contributed by atoms with van der Waals surface area (Å²) < 4.78 is 31.8. The van der Waals surface area contributed by atoms with Crippen molar-refractivity contribution in [3.8, 4) is 11.1 Å². The molecule has 3 rings (SSSR count). The third kappa shape index (κ3) is 5.54. The number of amides is 1. The highest BCUT2D eigenvalue weighted by Gasteiger charge is 2.17. The van der Waals surface area contributed by atoms with Crippen LogP contribution in [0.25, 0.3) is 16.7 Å². The van der Waals surface area contributed by atoms with Gasteiger partial charge in [0.25, 0.3) is 5.91 Å². The van der Waals surface area contributed by atoms with Gasteiger partial charge >= 0.3 is 0 Å². The lowest BCUT2D eigenvalue weighted by atomic mass is 10.0. The zero-order valence-electron chi connectivity index (χ0n) is 17.7. The number of nitrogens with two attached hydrogens (primary N) is 2. The van der Waals surface area contributed by atoms with E-state index in [2.05, 4.69) is 35.7 Å². The molecule has 0 fully saturated rings. The molecule has 0 bridgehead atoms. The quantitative estimate of drug-likeness (QED) is 0.115. The number of hydrogen-bond donors (Lipinski definition) is 4. The zero-order chi connectivity index (χ0) is 24.8. The van der Waals surface area contributed by atoms with E-state index in [4.69, 9.17) is 16.8 Å². The van der Waals surface area contributed by atoms with Crippen molar-refractivity contribution in [3.63, 3.8) is 0 Å². The maximum absolute atomic E-state index is 14.9. The number of carbonyl (C=O) groups excluding carboxylic acids is 1. The molecule has 0 saturated carbocycles. The normalized spacial score (nSPS) is 13.2. The summed E-state index contributed by atoms with van der Waals surface area (Å²) in [4.78, 5) is 16.8. The fourth-order valence-corrected chi connectivity index (χ4v) is 4.12. The van der Waals surface area contributed by atoms with Crippen LogP contribution in [0.3, 0.4) is 0 Å². The van der Waals surface area contributed by atoms with Gasteiger partial charge in [0.1, 0.15) is 0 Å². The maximum Gasteiger partial charge on any atom is 0.284 e. The summed E-state index contributed by atoms with van der Waals surface area (Å²) in [5.74, 6) is 2.94. The second-order valence-corrected chi connectivity index (χ2v) is 8.81. The summed E-state index contributed by atoms with van der Waals surface area (Å²) >= 11 is 1.45. The van der Waals surface area contributed by atoms with E-state index >= 15 is 0 Å². The Morgan fingerprint density at radius 1 is 1.24 bits per heavy atom. The van der Waals surface area contributed by atoms with Crippen molar-refractivity contribution in [1.82, 2.24) is 4.98 Å². The molecule has 0 aliphatic rings.